The molecule has 0 bridgehead atoms. The van der Waals surface area contributed by atoms with Gasteiger partial charge in [0.25, 0.3) is 0 Å². The molecule has 3 atom stereocenters. The van der Waals surface area contributed by atoms with Crippen LogP contribution in [0.4, 0.5) is 0 Å². The molecule has 0 aliphatic heterocycles. The molecule has 0 heterocycles. The van der Waals surface area contributed by atoms with Gasteiger partial charge in [0.05, 0.1) is 0 Å². The van der Waals surface area contributed by atoms with Crippen molar-refractivity contribution in [2.45, 2.75) is 61.3 Å². The van der Waals surface area contributed by atoms with Gasteiger partial charge in [-0.1, -0.05) is 48.5 Å². The van der Waals surface area contributed by atoms with E-state index in [1.807, 2.05) is 0 Å². The highest BCUT2D eigenvalue weighted by molar-refractivity contribution is 5.02. The van der Waals surface area contributed by atoms with Gasteiger partial charge < -0.3 is 0 Å². The molecule has 0 saturated heterocycles. The van der Waals surface area contributed by atoms with Crippen LogP contribution in [0.2, 0.25) is 0 Å². The fourth-order valence-corrected chi connectivity index (χ4v) is 2.13. The van der Waals surface area contributed by atoms with Crippen molar-refractivity contribution in [3.63, 3.8) is 0 Å². The topological polar surface area (TPSA) is 0 Å². The summed E-state index contributed by atoms with van der Waals surface area (Å²) < 4.78 is 0. The Morgan fingerprint density at radius 2 is 1.38 bits per heavy atom. The van der Waals surface area contributed by atoms with Gasteiger partial charge in [0.2, 0.25) is 0 Å². The third kappa shape index (κ3) is 6.94. The van der Waals surface area contributed by atoms with Gasteiger partial charge in [0, 0.05) is 12.3 Å². The van der Waals surface area contributed by atoms with Gasteiger partial charge in [-0.2, -0.15) is 0 Å². The normalized spacial score (nSPS) is 16.8. The third-order valence-corrected chi connectivity index (χ3v) is 3.45. The molecule has 0 radical (unpaired) electrons. The van der Waals surface area contributed by atoms with Crippen molar-refractivity contribution < 1.29 is 0 Å². The Morgan fingerprint density at radius 1 is 0.812 bits per heavy atom. The zero-order valence-electron chi connectivity index (χ0n) is 12.3. The molecule has 0 nitrogen and oxygen atoms in total. The standard InChI is InChI=1S/C16H30/c1-12(2)9-8-10-14(5)16(7)15(6)11-13(3)4/h12-16H,10-11H2,1-7H3. The van der Waals surface area contributed by atoms with Crippen LogP contribution in [0.25, 0.3) is 0 Å². The molecule has 16 heavy (non-hydrogen) atoms. The fraction of sp³-hybridized carbons (Fsp3) is 0.875. The highest BCUT2D eigenvalue weighted by atomic mass is 14.2. The maximum atomic E-state index is 3.32. The average Bonchev–Trinajstić information content (AvgIpc) is 2.14. The molecule has 0 amide bonds. The van der Waals surface area contributed by atoms with Gasteiger partial charge in [-0.25, -0.2) is 0 Å². The van der Waals surface area contributed by atoms with E-state index in [-0.39, 0.29) is 0 Å². The summed E-state index contributed by atoms with van der Waals surface area (Å²) in [6, 6.07) is 0. The van der Waals surface area contributed by atoms with E-state index in [1.54, 1.807) is 0 Å². The second-order valence-electron chi connectivity index (χ2n) is 6.12. The van der Waals surface area contributed by atoms with Crippen LogP contribution >= 0.6 is 0 Å². The molecule has 0 heteroatoms. The lowest BCUT2D eigenvalue weighted by molar-refractivity contribution is 0.248. The van der Waals surface area contributed by atoms with Crippen LogP contribution in [0.3, 0.4) is 0 Å². The highest BCUT2D eigenvalue weighted by Crippen LogP contribution is 2.27. The molecule has 0 spiro atoms. The molecule has 0 rings (SSSR count). The minimum atomic E-state index is 0.510. The molecular formula is C16H30. The Labute approximate surface area is 103 Å². The van der Waals surface area contributed by atoms with E-state index in [0.29, 0.717) is 5.92 Å². The van der Waals surface area contributed by atoms with Crippen LogP contribution in [0.15, 0.2) is 0 Å². The molecule has 0 aliphatic carbocycles. The zero-order chi connectivity index (χ0) is 12.7. The monoisotopic (exact) mass is 222 g/mol. The maximum Gasteiger partial charge on any atom is 0.0146 e. The van der Waals surface area contributed by atoms with Gasteiger partial charge >= 0.3 is 0 Å². The Hall–Kier alpha value is -0.440. The van der Waals surface area contributed by atoms with Gasteiger partial charge in [0.15, 0.2) is 0 Å². The quantitative estimate of drug-likeness (QED) is 0.575. The first kappa shape index (κ1) is 15.6. The van der Waals surface area contributed by atoms with E-state index in [2.05, 4.69) is 60.3 Å². The molecular weight excluding hydrogens is 192 g/mol. The van der Waals surface area contributed by atoms with Crippen LogP contribution in [0.1, 0.15) is 61.3 Å². The minimum Gasteiger partial charge on any atom is -0.103 e. The van der Waals surface area contributed by atoms with Crippen LogP contribution in [-0.2, 0) is 0 Å². The summed E-state index contributed by atoms with van der Waals surface area (Å²) in [5, 5.41) is 0. The van der Waals surface area contributed by atoms with E-state index in [9.17, 15) is 0 Å². The lowest BCUT2D eigenvalue weighted by atomic mass is 9.79. The van der Waals surface area contributed by atoms with Gasteiger partial charge in [-0.05, 0) is 30.1 Å². The van der Waals surface area contributed by atoms with Crippen molar-refractivity contribution in [2.75, 3.05) is 0 Å². The molecule has 0 saturated carbocycles. The Bertz CT molecular complexity index is 226. The van der Waals surface area contributed by atoms with E-state index >= 15 is 0 Å². The van der Waals surface area contributed by atoms with Crippen molar-refractivity contribution in [1.82, 2.24) is 0 Å². The summed E-state index contributed by atoms with van der Waals surface area (Å²) >= 11 is 0. The maximum absolute atomic E-state index is 3.32. The minimum absolute atomic E-state index is 0.510. The number of rotatable bonds is 5. The SMILES string of the molecule is CC(C)C#CCC(C)C(C)C(C)CC(C)C. The average molecular weight is 222 g/mol. The zero-order valence-corrected chi connectivity index (χ0v) is 12.3. The summed E-state index contributed by atoms with van der Waals surface area (Å²) in [6.07, 6.45) is 2.39. The smallest absolute Gasteiger partial charge is 0.0146 e. The Balaban J connectivity index is 4.08. The summed E-state index contributed by atoms with van der Waals surface area (Å²) in [4.78, 5) is 0. The first-order valence-corrected chi connectivity index (χ1v) is 6.83. The van der Waals surface area contributed by atoms with Crippen molar-refractivity contribution >= 4 is 0 Å². The molecule has 3 unspecified atom stereocenters. The first-order chi connectivity index (χ1) is 7.34. The van der Waals surface area contributed by atoms with E-state index in [4.69, 9.17) is 0 Å². The largest absolute Gasteiger partial charge is 0.103 e. The highest BCUT2D eigenvalue weighted by Gasteiger charge is 2.19. The number of hydrogen-bond acceptors (Lipinski definition) is 0. The predicted octanol–water partition coefficient (Wildman–Crippen LogP) is 4.99. The summed E-state index contributed by atoms with van der Waals surface area (Å²) in [5.74, 6) is 10.2. The molecule has 0 N–H and O–H groups in total. The molecule has 0 aromatic carbocycles. The third-order valence-electron chi connectivity index (χ3n) is 3.45. The molecule has 0 aromatic heterocycles. The summed E-state index contributed by atoms with van der Waals surface area (Å²) in [6.45, 7) is 16.0. The number of hydrogen-bond donors (Lipinski definition) is 0. The molecule has 94 valence electrons. The van der Waals surface area contributed by atoms with Crippen molar-refractivity contribution in [1.29, 1.82) is 0 Å². The van der Waals surface area contributed by atoms with Crippen molar-refractivity contribution in [2.24, 2.45) is 29.6 Å². The van der Waals surface area contributed by atoms with Gasteiger partial charge in [-0.3, -0.25) is 0 Å². The van der Waals surface area contributed by atoms with Gasteiger partial charge in [0.1, 0.15) is 0 Å². The van der Waals surface area contributed by atoms with Crippen LogP contribution in [-0.4, -0.2) is 0 Å². The van der Waals surface area contributed by atoms with E-state index in [0.717, 1.165) is 30.1 Å². The van der Waals surface area contributed by atoms with Crippen LogP contribution in [0, 0.1) is 41.4 Å². The molecule has 0 aromatic rings. The predicted molar refractivity (Wildman–Crippen MR) is 74.2 cm³/mol. The van der Waals surface area contributed by atoms with Crippen molar-refractivity contribution in [3.8, 4) is 11.8 Å². The summed E-state index contributed by atoms with van der Waals surface area (Å²) in [7, 11) is 0. The van der Waals surface area contributed by atoms with Crippen molar-refractivity contribution in [3.05, 3.63) is 0 Å². The van der Waals surface area contributed by atoms with Gasteiger partial charge in [-0.15, -0.1) is 11.8 Å². The lowest BCUT2D eigenvalue weighted by Gasteiger charge is -2.26. The molecule has 0 fully saturated rings. The van der Waals surface area contributed by atoms with Crippen LogP contribution < -0.4 is 0 Å². The Morgan fingerprint density at radius 3 is 1.81 bits per heavy atom. The first-order valence-electron chi connectivity index (χ1n) is 6.83. The second-order valence-corrected chi connectivity index (χ2v) is 6.12. The summed E-state index contributed by atoms with van der Waals surface area (Å²) in [5.41, 5.74) is 0. The second kappa shape index (κ2) is 7.77. The van der Waals surface area contributed by atoms with E-state index < -0.39 is 0 Å². The van der Waals surface area contributed by atoms with E-state index in [1.165, 1.54) is 6.42 Å². The Kier molecular flexibility index (Phi) is 7.56. The van der Waals surface area contributed by atoms with Crippen LogP contribution in [0.5, 0.6) is 0 Å². The molecule has 0 aliphatic rings. The fourth-order valence-electron chi connectivity index (χ4n) is 2.13. The lowest BCUT2D eigenvalue weighted by Crippen LogP contribution is -2.17.